The third-order valence-corrected chi connectivity index (χ3v) is 4.81. The third-order valence-electron chi connectivity index (χ3n) is 4.81. The van der Waals surface area contributed by atoms with Crippen LogP contribution in [0, 0.1) is 5.41 Å². The minimum atomic E-state index is -0.0556. The maximum Gasteiger partial charge on any atom is 0.317 e. The number of hydrogen-bond donors (Lipinski definition) is 1. The van der Waals surface area contributed by atoms with E-state index in [2.05, 4.69) is 39.6 Å². The van der Waals surface area contributed by atoms with Crippen molar-refractivity contribution in [3.63, 3.8) is 0 Å². The van der Waals surface area contributed by atoms with Crippen molar-refractivity contribution in [3.8, 4) is 0 Å². The Hall–Kier alpha value is -2.43. The smallest absolute Gasteiger partial charge is 0.317 e. The van der Waals surface area contributed by atoms with Gasteiger partial charge in [-0.15, -0.1) is 0 Å². The molecular weight excluding hydrogens is 300 g/mol. The van der Waals surface area contributed by atoms with Crippen LogP contribution in [0.1, 0.15) is 30.5 Å². The molecule has 0 bridgehead atoms. The fourth-order valence-electron chi connectivity index (χ4n) is 3.25. The Morgan fingerprint density at radius 1 is 1.25 bits per heavy atom. The quantitative estimate of drug-likeness (QED) is 0.888. The Balaban J connectivity index is 1.52. The maximum atomic E-state index is 12.4. The summed E-state index contributed by atoms with van der Waals surface area (Å²) in [5.41, 5.74) is 2.35. The van der Waals surface area contributed by atoms with Crippen molar-refractivity contribution in [2.24, 2.45) is 5.41 Å². The molecule has 0 aliphatic heterocycles. The van der Waals surface area contributed by atoms with Crippen molar-refractivity contribution >= 4 is 6.03 Å². The minimum absolute atomic E-state index is 0.0556. The van der Waals surface area contributed by atoms with Crippen LogP contribution in [0.2, 0.25) is 0 Å². The second-order valence-corrected chi connectivity index (χ2v) is 6.73. The van der Waals surface area contributed by atoms with E-state index < -0.39 is 0 Å². The average Bonchev–Trinajstić information content (AvgIpc) is 2.58. The molecule has 2 aromatic rings. The number of benzene rings is 1. The van der Waals surface area contributed by atoms with Crippen LogP contribution >= 0.6 is 0 Å². The molecule has 1 saturated carbocycles. The highest BCUT2D eigenvalue weighted by Crippen LogP contribution is 2.43. The van der Waals surface area contributed by atoms with E-state index in [1.165, 1.54) is 24.8 Å². The van der Waals surface area contributed by atoms with E-state index in [1.807, 2.05) is 6.07 Å². The number of rotatable bonds is 6. The van der Waals surface area contributed by atoms with Crippen LogP contribution < -0.4 is 5.32 Å². The van der Waals surface area contributed by atoms with Crippen molar-refractivity contribution in [2.75, 3.05) is 13.6 Å². The molecule has 0 radical (unpaired) electrons. The van der Waals surface area contributed by atoms with E-state index >= 15 is 0 Å². The molecule has 1 aromatic carbocycles. The lowest BCUT2D eigenvalue weighted by Gasteiger charge is -2.42. The largest absolute Gasteiger partial charge is 0.337 e. The molecule has 24 heavy (non-hydrogen) atoms. The van der Waals surface area contributed by atoms with Crippen molar-refractivity contribution < 1.29 is 4.79 Å². The van der Waals surface area contributed by atoms with Gasteiger partial charge in [-0.1, -0.05) is 36.8 Å². The molecule has 1 aliphatic carbocycles. The number of carbonyl (C=O) groups is 1. The molecular formula is C19H24N4O. The summed E-state index contributed by atoms with van der Waals surface area (Å²) in [6.45, 7) is 1.19. The predicted octanol–water partition coefficient (Wildman–Crippen LogP) is 3.03. The predicted molar refractivity (Wildman–Crippen MR) is 93.3 cm³/mol. The molecule has 1 fully saturated rings. The second-order valence-electron chi connectivity index (χ2n) is 6.73. The lowest BCUT2D eigenvalue weighted by atomic mass is 9.65. The Kier molecular flexibility index (Phi) is 5.08. The lowest BCUT2D eigenvalue weighted by Crippen LogP contribution is -2.47. The maximum absolute atomic E-state index is 12.4. The molecule has 3 rings (SSSR count). The van der Waals surface area contributed by atoms with Gasteiger partial charge >= 0.3 is 6.03 Å². The van der Waals surface area contributed by atoms with Gasteiger partial charge < -0.3 is 10.2 Å². The molecule has 0 atom stereocenters. The molecule has 1 aliphatic rings. The third kappa shape index (κ3) is 4.10. The molecule has 0 saturated heterocycles. The number of hydrogen-bond acceptors (Lipinski definition) is 3. The molecule has 0 unspecified atom stereocenters. The van der Waals surface area contributed by atoms with E-state index in [-0.39, 0.29) is 11.4 Å². The van der Waals surface area contributed by atoms with Gasteiger partial charge in [0.15, 0.2) is 0 Å². The molecule has 5 heteroatoms. The van der Waals surface area contributed by atoms with Crippen molar-refractivity contribution in [3.05, 3.63) is 60.2 Å². The standard InChI is InChI=1S/C19H24N4O/c1-23(14-17-13-20-10-11-21-17)18(24)22-15-19(8-5-9-19)12-16-6-3-2-4-7-16/h2-4,6-7,10-11,13H,5,8-9,12,14-15H2,1H3,(H,22,24). The van der Waals surface area contributed by atoms with Gasteiger partial charge in [-0.05, 0) is 30.2 Å². The van der Waals surface area contributed by atoms with Gasteiger partial charge in [0, 0.05) is 26.0 Å². The highest BCUT2D eigenvalue weighted by Gasteiger charge is 2.37. The van der Waals surface area contributed by atoms with Crippen molar-refractivity contribution in [1.82, 2.24) is 20.2 Å². The minimum Gasteiger partial charge on any atom is -0.337 e. The van der Waals surface area contributed by atoms with E-state index in [1.54, 1.807) is 30.5 Å². The number of nitrogens with one attached hydrogen (secondary N) is 1. The van der Waals surface area contributed by atoms with Crippen LogP contribution in [-0.4, -0.2) is 34.5 Å². The van der Waals surface area contributed by atoms with Gasteiger partial charge in [0.2, 0.25) is 0 Å². The number of amides is 2. The fraction of sp³-hybridized carbons (Fsp3) is 0.421. The molecule has 0 spiro atoms. The SMILES string of the molecule is CN(Cc1cnccn1)C(=O)NCC1(Cc2ccccc2)CCC1. The van der Waals surface area contributed by atoms with Crippen LogP contribution in [0.4, 0.5) is 4.79 Å². The van der Waals surface area contributed by atoms with Crippen LogP contribution in [0.5, 0.6) is 0 Å². The average molecular weight is 324 g/mol. The molecule has 1 heterocycles. The summed E-state index contributed by atoms with van der Waals surface area (Å²) < 4.78 is 0. The Labute approximate surface area is 143 Å². The zero-order valence-electron chi connectivity index (χ0n) is 14.1. The van der Waals surface area contributed by atoms with Crippen molar-refractivity contribution in [2.45, 2.75) is 32.2 Å². The van der Waals surface area contributed by atoms with E-state index in [9.17, 15) is 4.79 Å². The Morgan fingerprint density at radius 3 is 2.67 bits per heavy atom. The number of aromatic nitrogens is 2. The summed E-state index contributed by atoms with van der Waals surface area (Å²) in [6.07, 6.45) is 9.59. The first-order chi connectivity index (χ1) is 11.7. The van der Waals surface area contributed by atoms with E-state index in [4.69, 9.17) is 0 Å². The fourth-order valence-corrected chi connectivity index (χ4v) is 3.25. The van der Waals surface area contributed by atoms with Crippen LogP contribution in [0.15, 0.2) is 48.9 Å². The second kappa shape index (κ2) is 7.43. The first kappa shape index (κ1) is 16.4. The number of carbonyl (C=O) groups excluding carboxylic acids is 1. The number of urea groups is 1. The van der Waals surface area contributed by atoms with Gasteiger partial charge in [0.1, 0.15) is 0 Å². The zero-order chi connectivity index (χ0) is 16.8. The topological polar surface area (TPSA) is 58.1 Å². The van der Waals surface area contributed by atoms with Crippen molar-refractivity contribution in [1.29, 1.82) is 0 Å². The highest BCUT2D eigenvalue weighted by atomic mass is 16.2. The van der Waals surface area contributed by atoms with Gasteiger partial charge in [0.05, 0.1) is 18.4 Å². The Morgan fingerprint density at radius 2 is 2.04 bits per heavy atom. The monoisotopic (exact) mass is 324 g/mol. The summed E-state index contributed by atoms with van der Waals surface area (Å²) in [5, 5.41) is 3.10. The molecule has 126 valence electrons. The molecule has 1 aromatic heterocycles. The number of nitrogens with zero attached hydrogens (tertiary/aromatic N) is 3. The summed E-state index contributed by atoms with van der Waals surface area (Å²) in [7, 11) is 1.79. The van der Waals surface area contributed by atoms with Crippen LogP contribution in [-0.2, 0) is 13.0 Å². The van der Waals surface area contributed by atoms with Crippen LogP contribution in [0.3, 0.4) is 0 Å². The van der Waals surface area contributed by atoms with Crippen LogP contribution in [0.25, 0.3) is 0 Å². The van der Waals surface area contributed by atoms with E-state index in [0.717, 1.165) is 18.7 Å². The van der Waals surface area contributed by atoms with Gasteiger partial charge in [-0.2, -0.15) is 0 Å². The van der Waals surface area contributed by atoms with Gasteiger partial charge in [0.25, 0.3) is 0 Å². The first-order valence-electron chi connectivity index (χ1n) is 8.45. The normalized spacial score (nSPS) is 15.4. The van der Waals surface area contributed by atoms with Gasteiger partial charge in [-0.25, -0.2) is 4.79 Å². The molecule has 5 nitrogen and oxygen atoms in total. The molecule has 2 amide bonds. The Bertz CT molecular complexity index is 656. The van der Waals surface area contributed by atoms with Gasteiger partial charge in [-0.3, -0.25) is 9.97 Å². The summed E-state index contributed by atoms with van der Waals surface area (Å²) in [4.78, 5) is 22.2. The highest BCUT2D eigenvalue weighted by molar-refractivity contribution is 5.73. The summed E-state index contributed by atoms with van der Waals surface area (Å²) in [5.74, 6) is 0. The zero-order valence-corrected chi connectivity index (χ0v) is 14.1. The van der Waals surface area contributed by atoms with E-state index in [0.29, 0.717) is 6.54 Å². The summed E-state index contributed by atoms with van der Waals surface area (Å²) >= 11 is 0. The molecule has 1 N–H and O–H groups in total. The summed E-state index contributed by atoms with van der Waals surface area (Å²) in [6, 6.07) is 10.5. The first-order valence-corrected chi connectivity index (χ1v) is 8.45. The lowest BCUT2D eigenvalue weighted by molar-refractivity contribution is 0.127.